The van der Waals surface area contributed by atoms with Crippen molar-refractivity contribution in [3.63, 3.8) is 0 Å². The maximum absolute atomic E-state index is 12.2. The van der Waals surface area contributed by atoms with Crippen LogP contribution in [0.5, 0.6) is 0 Å². The van der Waals surface area contributed by atoms with Crippen LogP contribution in [0, 0.1) is 0 Å². The van der Waals surface area contributed by atoms with Crippen molar-refractivity contribution in [1.29, 1.82) is 0 Å². The normalized spacial score (nSPS) is 18.1. The van der Waals surface area contributed by atoms with Gasteiger partial charge < -0.3 is 9.64 Å². The molecule has 0 spiro atoms. The second kappa shape index (κ2) is 8.15. The quantitative estimate of drug-likeness (QED) is 0.773. The molecule has 1 aliphatic heterocycles. The minimum Gasteiger partial charge on any atom is -0.378 e. The number of hydrogen-bond acceptors (Lipinski definition) is 3. The largest absolute Gasteiger partial charge is 0.378 e. The molecule has 1 heterocycles. The Balaban J connectivity index is 1.69. The topological polar surface area (TPSA) is 32.8 Å². The lowest BCUT2D eigenvalue weighted by atomic mass is 10.1. The molecule has 1 saturated heterocycles. The molecule has 0 bridgehead atoms. The Morgan fingerprint density at radius 1 is 1.29 bits per heavy atom. The number of nitrogens with zero attached hydrogens (tertiary/aromatic N) is 2. The van der Waals surface area contributed by atoms with Gasteiger partial charge in [0.1, 0.15) is 0 Å². The number of rotatable bonds is 7. The second-order valence-electron chi connectivity index (χ2n) is 5.80. The second-order valence-corrected chi connectivity index (χ2v) is 5.80. The summed E-state index contributed by atoms with van der Waals surface area (Å²) >= 11 is 0. The minimum absolute atomic E-state index is 0.126. The molecule has 0 radical (unpaired) electrons. The third kappa shape index (κ3) is 5.14. The number of amides is 1. The van der Waals surface area contributed by atoms with Crippen LogP contribution in [-0.4, -0.2) is 50.7 Å². The van der Waals surface area contributed by atoms with Gasteiger partial charge in [-0.1, -0.05) is 18.2 Å². The van der Waals surface area contributed by atoms with E-state index in [0.29, 0.717) is 12.6 Å². The predicted molar refractivity (Wildman–Crippen MR) is 85.6 cm³/mol. The van der Waals surface area contributed by atoms with E-state index in [-0.39, 0.29) is 5.91 Å². The fraction of sp³-hybridized carbons (Fsp3) is 0.588. The van der Waals surface area contributed by atoms with Crippen molar-refractivity contribution in [3.05, 3.63) is 30.3 Å². The molecule has 4 heteroatoms. The van der Waals surface area contributed by atoms with Gasteiger partial charge in [0.2, 0.25) is 5.91 Å². The third-order valence-corrected chi connectivity index (χ3v) is 4.01. The standard InChI is InChI=1S/C17H26N2O2/c1-18(12-6-10-16-11-7-13-21-16)14-17(20)19(2)15-8-4-3-5-9-15/h3-5,8-9,16H,6-7,10-14H2,1-2H3. The van der Waals surface area contributed by atoms with Crippen molar-refractivity contribution >= 4 is 11.6 Å². The summed E-state index contributed by atoms with van der Waals surface area (Å²) in [5.41, 5.74) is 0.940. The van der Waals surface area contributed by atoms with Gasteiger partial charge >= 0.3 is 0 Å². The molecule has 1 aromatic rings. The summed E-state index contributed by atoms with van der Waals surface area (Å²) < 4.78 is 5.62. The number of benzene rings is 1. The van der Waals surface area contributed by atoms with Gasteiger partial charge in [-0.2, -0.15) is 0 Å². The average Bonchev–Trinajstić information content (AvgIpc) is 3.00. The lowest BCUT2D eigenvalue weighted by Crippen LogP contribution is -2.37. The fourth-order valence-corrected chi connectivity index (χ4v) is 2.67. The van der Waals surface area contributed by atoms with Gasteiger partial charge in [-0.05, 0) is 51.4 Å². The predicted octanol–water partition coefficient (Wildman–Crippen LogP) is 2.54. The number of anilines is 1. The average molecular weight is 290 g/mol. The summed E-state index contributed by atoms with van der Waals surface area (Å²) in [4.78, 5) is 16.0. The van der Waals surface area contributed by atoms with Crippen LogP contribution in [-0.2, 0) is 9.53 Å². The number of carbonyl (C=O) groups excluding carboxylic acids is 1. The monoisotopic (exact) mass is 290 g/mol. The summed E-state index contributed by atoms with van der Waals surface area (Å²) in [5.74, 6) is 0.126. The molecule has 2 rings (SSSR count). The van der Waals surface area contributed by atoms with Crippen LogP contribution in [0.1, 0.15) is 25.7 Å². The van der Waals surface area contributed by atoms with Crippen LogP contribution in [0.3, 0.4) is 0 Å². The van der Waals surface area contributed by atoms with Gasteiger partial charge in [-0.3, -0.25) is 9.69 Å². The summed E-state index contributed by atoms with van der Waals surface area (Å²) in [7, 11) is 3.84. The van der Waals surface area contributed by atoms with Crippen LogP contribution in [0.15, 0.2) is 30.3 Å². The SMILES string of the molecule is CN(CCCC1CCCO1)CC(=O)N(C)c1ccccc1. The van der Waals surface area contributed by atoms with E-state index < -0.39 is 0 Å². The molecule has 1 aromatic carbocycles. The minimum atomic E-state index is 0.126. The van der Waals surface area contributed by atoms with Crippen molar-refractivity contribution < 1.29 is 9.53 Å². The van der Waals surface area contributed by atoms with Gasteiger partial charge in [-0.15, -0.1) is 0 Å². The third-order valence-electron chi connectivity index (χ3n) is 4.01. The maximum atomic E-state index is 12.2. The molecule has 116 valence electrons. The van der Waals surface area contributed by atoms with Gasteiger partial charge in [0.15, 0.2) is 0 Å². The Morgan fingerprint density at radius 3 is 2.71 bits per heavy atom. The molecule has 1 amide bonds. The molecular weight excluding hydrogens is 264 g/mol. The molecule has 0 aliphatic carbocycles. The van der Waals surface area contributed by atoms with Crippen molar-refractivity contribution in [2.24, 2.45) is 0 Å². The van der Waals surface area contributed by atoms with Gasteiger partial charge in [0.05, 0.1) is 12.6 Å². The zero-order valence-corrected chi connectivity index (χ0v) is 13.1. The first-order valence-corrected chi connectivity index (χ1v) is 7.78. The van der Waals surface area contributed by atoms with Crippen molar-refractivity contribution in [2.75, 3.05) is 38.7 Å². The number of hydrogen-bond donors (Lipinski definition) is 0. The number of carbonyl (C=O) groups is 1. The van der Waals surface area contributed by atoms with E-state index in [4.69, 9.17) is 4.74 Å². The van der Waals surface area contributed by atoms with Crippen molar-refractivity contribution in [2.45, 2.75) is 31.8 Å². The molecule has 0 saturated carbocycles. The Labute approximate surface area is 127 Å². The van der Waals surface area contributed by atoms with Gasteiger partial charge in [0, 0.05) is 19.3 Å². The number of likely N-dealkylation sites (N-methyl/N-ethyl adjacent to an activating group) is 2. The summed E-state index contributed by atoms with van der Waals surface area (Å²) in [6.45, 7) is 2.31. The molecule has 4 nitrogen and oxygen atoms in total. The highest BCUT2D eigenvalue weighted by Crippen LogP contribution is 2.17. The highest BCUT2D eigenvalue weighted by molar-refractivity contribution is 5.94. The Kier molecular flexibility index (Phi) is 6.21. The first kappa shape index (κ1) is 16.0. The highest BCUT2D eigenvalue weighted by Gasteiger charge is 2.16. The van der Waals surface area contributed by atoms with Crippen LogP contribution in [0.2, 0.25) is 0 Å². The molecule has 0 N–H and O–H groups in total. The van der Waals surface area contributed by atoms with E-state index in [0.717, 1.165) is 31.7 Å². The highest BCUT2D eigenvalue weighted by atomic mass is 16.5. The molecule has 0 aromatic heterocycles. The van der Waals surface area contributed by atoms with E-state index in [1.807, 2.05) is 44.4 Å². The van der Waals surface area contributed by atoms with E-state index in [1.54, 1.807) is 4.90 Å². The van der Waals surface area contributed by atoms with Crippen LogP contribution < -0.4 is 4.90 Å². The fourth-order valence-electron chi connectivity index (χ4n) is 2.67. The van der Waals surface area contributed by atoms with E-state index in [1.165, 1.54) is 12.8 Å². The van der Waals surface area contributed by atoms with Gasteiger partial charge in [-0.25, -0.2) is 0 Å². The van der Waals surface area contributed by atoms with E-state index in [9.17, 15) is 4.79 Å². The molecule has 1 fully saturated rings. The Morgan fingerprint density at radius 2 is 2.05 bits per heavy atom. The Bertz CT molecular complexity index is 430. The molecule has 1 aliphatic rings. The summed E-state index contributed by atoms with van der Waals surface area (Å²) in [6, 6.07) is 9.76. The maximum Gasteiger partial charge on any atom is 0.240 e. The molecular formula is C17H26N2O2. The zero-order chi connectivity index (χ0) is 15.1. The Hall–Kier alpha value is -1.39. The lowest BCUT2D eigenvalue weighted by Gasteiger charge is -2.22. The van der Waals surface area contributed by atoms with Gasteiger partial charge in [0.25, 0.3) is 0 Å². The summed E-state index contributed by atoms with van der Waals surface area (Å²) in [6.07, 6.45) is 5.03. The lowest BCUT2D eigenvalue weighted by molar-refractivity contribution is -0.119. The number of ether oxygens (including phenoxy) is 1. The van der Waals surface area contributed by atoms with Crippen molar-refractivity contribution in [1.82, 2.24) is 4.90 Å². The van der Waals surface area contributed by atoms with E-state index >= 15 is 0 Å². The van der Waals surface area contributed by atoms with Crippen LogP contribution in [0.4, 0.5) is 5.69 Å². The number of para-hydroxylation sites is 1. The molecule has 1 unspecified atom stereocenters. The summed E-state index contributed by atoms with van der Waals surface area (Å²) in [5, 5.41) is 0. The smallest absolute Gasteiger partial charge is 0.240 e. The van der Waals surface area contributed by atoms with Crippen LogP contribution in [0.25, 0.3) is 0 Å². The molecule has 21 heavy (non-hydrogen) atoms. The zero-order valence-electron chi connectivity index (χ0n) is 13.1. The molecule has 1 atom stereocenters. The van der Waals surface area contributed by atoms with Crippen molar-refractivity contribution in [3.8, 4) is 0 Å². The first-order valence-electron chi connectivity index (χ1n) is 7.78. The van der Waals surface area contributed by atoms with E-state index in [2.05, 4.69) is 4.90 Å². The van der Waals surface area contributed by atoms with Crippen LogP contribution >= 0.6 is 0 Å². The first-order chi connectivity index (χ1) is 10.2.